The van der Waals surface area contributed by atoms with Gasteiger partial charge in [0.1, 0.15) is 0 Å². The van der Waals surface area contributed by atoms with Crippen molar-refractivity contribution in [3.63, 3.8) is 0 Å². The van der Waals surface area contributed by atoms with E-state index in [-0.39, 0.29) is 23.5 Å². The summed E-state index contributed by atoms with van der Waals surface area (Å²) in [6.07, 6.45) is 5.77. The Morgan fingerprint density at radius 2 is 1.73 bits per heavy atom. The number of carbonyl (C=O) groups excluding carboxylic acids is 2. The largest absolute Gasteiger partial charge is 0.450 e. The van der Waals surface area contributed by atoms with E-state index in [0.29, 0.717) is 12.6 Å². The van der Waals surface area contributed by atoms with Crippen molar-refractivity contribution < 1.29 is 14.3 Å². The topological polar surface area (TPSA) is 61.9 Å². The predicted molar refractivity (Wildman–Crippen MR) is 103 cm³/mol. The maximum atomic E-state index is 12.5. The molecule has 2 fully saturated rings. The van der Waals surface area contributed by atoms with E-state index in [1.54, 1.807) is 0 Å². The smallest absolute Gasteiger partial charge is 0.409 e. The van der Waals surface area contributed by atoms with E-state index in [2.05, 4.69) is 31.0 Å². The number of hydrogen-bond acceptors (Lipinski definition) is 4. The maximum absolute atomic E-state index is 12.5. The maximum Gasteiger partial charge on any atom is 0.409 e. The molecule has 2 rings (SSSR count). The number of hydrogen-bond donors (Lipinski definition) is 1. The lowest BCUT2D eigenvalue weighted by molar-refractivity contribution is -0.128. The van der Waals surface area contributed by atoms with Crippen molar-refractivity contribution in [3.05, 3.63) is 0 Å². The van der Waals surface area contributed by atoms with E-state index in [9.17, 15) is 9.59 Å². The fourth-order valence-corrected chi connectivity index (χ4v) is 3.89. The average Bonchev–Trinajstić information content (AvgIpc) is 2.88. The van der Waals surface area contributed by atoms with Crippen LogP contribution >= 0.6 is 0 Å². The third-order valence-electron chi connectivity index (χ3n) is 5.99. The van der Waals surface area contributed by atoms with Gasteiger partial charge in [-0.3, -0.25) is 4.79 Å². The number of nitrogens with zero attached hydrogens (tertiary/aromatic N) is 2. The van der Waals surface area contributed by atoms with E-state index in [4.69, 9.17) is 4.74 Å². The SMILES string of the molecule is CCOC(=O)N1CCCC(N2CCC(C(=O)NC(C)(C)CC)CC2)CC1. The molecule has 2 saturated heterocycles. The van der Waals surface area contributed by atoms with Gasteiger partial charge in [-0.15, -0.1) is 0 Å². The number of rotatable bonds is 5. The monoisotopic (exact) mass is 367 g/mol. The van der Waals surface area contributed by atoms with E-state index in [1.807, 2.05) is 11.8 Å². The molecule has 150 valence electrons. The Kier molecular flexibility index (Phi) is 7.74. The zero-order valence-electron chi connectivity index (χ0n) is 17.1. The number of piperidine rings is 1. The van der Waals surface area contributed by atoms with Crippen molar-refractivity contribution in [2.45, 2.75) is 77.8 Å². The van der Waals surface area contributed by atoms with Gasteiger partial charge in [0, 0.05) is 30.6 Å². The fraction of sp³-hybridized carbons (Fsp3) is 0.900. The first-order valence-corrected chi connectivity index (χ1v) is 10.3. The van der Waals surface area contributed by atoms with Crippen LogP contribution in [0.4, 0.5) is 4.79 Å². The highest BCUT2D eigenvalue weighted by molar-refractivity contribution is 5.79. The summed E-state index contributed by atoms with van der Waals surface area (Å²) in [6.45, 7) is 12.1. The molecule has 2 aliphatic rings. The van der Waals surface area contributed by atoms with Gasteiger partial charge >= 0.3 is 6.09 Å². The summed E-state index contributed by atoms with van der Waals surface area (Å²) in [4.78, 5) is 28.8. The lowest BCUT2D eigenvalue weighted by atomic mass is 9.92. The molecule has 0 bridgehead atoms. The van der Waals surface area contributed by atoms with Crippen LogP contribution in [0, 0.1) is 5.92 Å². The summed E-state index contributed by atoms with van der Waals surface area (Å²) in [7, 11) is 0. The van der Waals surface area contributed by atoms with Crippen LogP contribution in [0.25, 0.3) is 0 Å². The molecule has 6 heteroatoms. The van der Waals surface area contributed by atoms with Gasteiger partial charge in [0.05, 0.1) is 6.61 Å². The third-order valence-corrected chi connectivity index (χ3v) is 5.99. The Labute approximate surface area is 158 Å². The Morgan fingerprint density at radius 1 is 1.04 bits per heavy atom. The van der Waals surface area contributed by atoms with Crippen molar-refractivity contribution in [2.24, 2.45) is 5.92 Å². The standard InChI is InChI=1S/C20H37N3O3/c1-5-20(3,4)21-18(24)16-9-13-22(14-10-16)17-8-7-12-23(15-11-17)19(25)26-6-2/h16-17H,5-15H2,1-4H3,(H,21,24). The highest BCUT2D eigenvalue weighted by atomic mass is 16.6. The minimum atomic E-state index is -0.179. The van der Waals surface area contributed by atoms with Crippen molar-refractivity contribution >= 4 is 12.0 Å². The van der Waals surface area contributed by atoms with Crippen LogP contribution < -0.4 is 5.32 Å². The summed E-state index contributed by atoms with van der Waals surface area (Å²) >= 11 is 0. The number of ether oxygens (including phenoxy) is 1. The first-order valence-electron chi connectivity index (χ1n) is 10.3. The summed E-state index contributed by atoms with van der Waals surface area (Å²) < 4.78 is 5.14. The van der Waals surface area contributed by atoms with Crippen molar-refractivity contribution in [1.29, 1.82) is 0 Å². The predicted octanol–water partition coefficient (Wildman–Crippen LogP) is 3.01. The molecular weight excluding hydrogens is 330 g/mol. The third kappa shape index (κ3) is 5.86. The van der Waals surface area contributed by atoms with Gasteiger partial charge in [-0.25, -0.2) is 4.79 Å². The van der Waals surface area contributed by atoms with Crippen LogP contribution in [-0.2, 0) is 9.53 Å². The van der Waals surface area contributed by atoms with Crippen molar-refractivity contribution in [1.82, 2.24) is 15.1 Å². The Morgan fingerprint density at radius 3 is 2.35 bits per heavy atom. The number of likely N-dealkylation sites (tertiary alicyclic amines) is 2. The molecule has 2 amide bonds. The zero-order chi connectivity index (χ0) is 19.2. The van der Waals surface area contributed by atoms with Crippen LogP contribution in [0.5, 0.6) is 0 Å². The van der Waals surface area contributed by atoms with Gasteiger partial charge in [-0.2, -0.15) is 0 Å². The number of amides is 2. The molecule has 2 aliphatic heterocycles. The van der Waals surface area contributed by atoms with Crippen LogP contribution in [0.3, 0.4) is 0 Å². The zero-order valence-corrected chi connectivity index (χ0v) is 17.1. The fourth-order valence-electron chi connectivity index (χ4n) is 3.89. The van der Waals surface area contributed by atoms with E-state index >= 15 is 0 Å². The molecule has 0 saturated carbocycles. The summed E-state index contributed by atoms with van der Waals surface area (Å²) in [5, 5.41) is 3.19. The Balaban J connectivity index is 1.79. The van der Waals surface area contributed by atoms with Crippen molar-refractivity contribution in [3.8, 4) is 0 Å². The molecule has 6 nitrogen and oxygen atoms in total. The molecule has 0 aromatic heterocycles. The van der Waals surface area contributed by atoms with Crippen LogP contribution in [0.2, 0.25) is 0 Å². The molecule has 0 aromatic carbocycles. The molecule has 1 N–H and O–H groups in total. The normalized spacial score (nSPS) is 23.4. The molecule has 0 aromatic rings. The minimum absolute atomic E-state index is 0.119. The van der Waals surface area contributed by atoms with Gasteiger partial charge in [-0.05, 0) is 72.4 Å². The van der Waals surface area contributed by atoms with Gasteiger partial charge in [0.25, 0.3) is 0 Å². The quantitative estimate of drug-likeness (QED) is 0.811. The van der Waals surface area contributed by atoms with Gasteiger partial charge in [-0.1, -0.05) is 6.92 Å². The molecule has 1 atom stereocenters. The summed E-state index contributed by atoms with van der Waals surface area (Å²) in [5.41, 5.74) is -0.119. The van der Waals surface area contributed by atoms with Gasteiger partial charge in [0.15, 0.2) is 0 Å². The van der Waals surface area contributed by atoms with Gasteiger partial charge in [0.2, 0.25) is 5.91 Å². The summed E-state index contributed by atoms with van der Waals surface area (Å²) in [5.74, 6) is 0.352. The summed E-state index contributed by atoms with van der Waals surface area (Å²) in [6, 6.07) is 0.519. The Hall–Kier alpha value is -1.30. The molecule has 2 heterocycles. The second-order valence-electron chi connectivity index (χ2n) is 8.31. The van der Waals surface area contributed by atoms with Crippen LogP contribution in [0.15, 0.2) is 0 Å². The minimum Gasteiger partial charge on any atom is -0.450 e. The second kappa shape index (κ2) is 9.58. The molecule has 0 aliphatic carbocycles. The molecule has 1 unspecified atom stereocenters. The first kappa shape index (κ1) is 21.0. The highest BCUT2D eigenvalue weighted by Crippen LogP contribution is 2.25. The Bertz CT molecular complexity index is 473. The average molecular weight is 368 g/mol. The van der Waals surface area contributed by atoms with Crippen LogP contribution in [0.1, 0.15) is 66.2 Å². The lowest BCUT2D eigenvalue weighted by Crippen LogP contribution is -2.49. The molecule has 0 spiro atoms. The van der Waals surface area contributed by atoms with E-state index in [0.717, 1.165) is 64.7 Å². The highest BCUT2D eigenvalue weighted by Gasteiger charge is 2.32. The number of carbonyl (C=O) groups is 2. The molecular formula is C20H37N3O3. The molecule has 0 radical (unpaired) electrons. The van der Waals surface area contributed by atoms with Crippen molar-refractivity contribution in [2.75, 3.05) is 32.8 Å². The first-order chi connectivity index (χ1) is 12.4. The van der Waals surface area contributed by atoms with Gasteiger partial charge < -0.3 is 19.9 Å². The van der Waals surface area contributed by atoms with Crippen LogP contribution in [-0.4, -0.2) is 66.2 Å². The molecule has 26 heavy (non-hydrogen) atoms. The lowest BCUT2D eigenvalue weighted by Gasteiger charge is -2.38. The number of nitrogens with one attached hydrogen (secondary N) is 1. The van der Waals surface area contributed by atoms with E-state index < -0.39 is 0 Å². The van der Waals surface area contributed by atoms with E-state index in [1.165, 1.54) is 0 Å². The second-order valence-corrected chi connectivity index (χ2v) is 8.31.